The molecule has 174 valence electrons. The number of aromatic nitrogens is 1. The Kier molecular flexibility index (Phi) is 6.58. The van der Waals surface area contributed by atoms with E-state index in [2.05, 4.69) is 10.6 Å². The number of nitrogens with zero attached hydrogens (tertiary/aromatic N) is 1. The van der Waals surface area contributed by atoms with Crippen molar-refractivity contribution in [2.75, 3.05) is 17.7 Å². The molecule has 0 saturated heterocycles. The van der Waals surface area contributed by atoms with E-state index in [-0.39, 0.29) is 17.8 Å². The van der Waals surface area contributed by atoms with Gasteiger partial charge in [-0.15, -0.1) is 0 Å². The van der Waals surface area contributed by atoms with Crippen molar-refractivity contribution < 1.29 is 18.3 Å². The van der Waals surface area contributed by atoms with Gasteiger partial charge in [0.2, 0.25) is 5.91 Å². The first-order valence-electron chi connectivity index (χ1n) is 10.6. The number of anilines is 2. The molecule has 3 aromatic carbocycles. The van der Waals surface area contributed by atoms with E-state index in [0.717, 1.165) is 34.8 Å². The smallest absolute Gasteiger partial charge is 0.256 e. The Labute approximate surface area is 194 Å². The molecule has 34 heavy (non-hydrogen) atoms. The molecule has 0 bridgehead atoms. The molecule has 0 radical (unpaired) electrons. The number of benzene rings is 3. The third-order valence-corrected chi connectivity index (χ3v) is 5.42. The van der Waals surface area contributed by atoms with E-state index in [1.54, 1.807) is 24.3 Å². The van der Waals surface area contributed by atoms with Gasteiger partial charge in [-0.05, 0) is 54.8 Å². The molecular formula is C26H23F2N3O3. The van der Waals surface area contributed by atoms with Crippen molar-refractivity contribution in [1.82, 2.24) is 4.57 Å². The van der Waals surface area contributed by atoms with Gasteiger partial charge in [-0.1, -0.05) is 17.7 Å². The van der Waals surface area contributed by atoms with E-state index in [1.165, 1.54) is 11.7 Å². The SMILES string of the molecule is COc1ccc2cc(CNc3ccc(C)cc3)c(=O)n(CC(=O)Nc3cc(F)ccc3F)c2c1. The van der Waals surface area contributed by atoms with Gasteiger partial charge in [-0.2, -0.15) is 0 Å². The molecule has 0 atom stereocenters. The molecule has 6 nitrogen and oxygen atoms in total. The number of carbonyl (C=O) groups is 1. The van der Waals surface area contributed by atoms with Crippen molar-refractivity contribution in [3.05, 3.63) is 99.8 Å². The van der Waals surface area contributed by atoms with Gasteiger partial charge < -0.3 is 15.4 Å². The van der Waals surface area contributed by atoms with Crippen molar-refractivity contribution in [2.45, 2.75) is 20.0 Å². The number of pyridine rings is 1. The second-order valence-electron chi connectivity index (χ2n) is 7.88. The van der Waals surface area contributed by atoms with E-state index >= 15 is 0 Å². The summed E-state index contributed by atoms with van der Waals surface area (Å²) in [6.07, 6.45) is 0. The molecule has 4 rings (SSSR count). The van der Waals surface area contributed by atoms with Crippen LogP contribution in [0.2, 0.25) is 0 Å². The maximum absolute atomic E-state index is 14.0. The number of aryl methyl sites for hydroxylation is 1. The Morgan fingerprint density at radius 1 is 1.00 bits per heavy atom. The van der Waals surface area contributed by atoms with Crippen molar-refractivity contribution in [2.24, 2.45) is 0 Å². The van der Waals surface area contributed by atoms with Crippen LogP contribution in [0.15, 0.2) is 71.5 Å². The van der Waals surface area contributed by atoms with Gasteiger partial charge in [0, 0.05) is 29.9 Å². The van der Waals surface area contributed by atoms with Crippen LogP contribution in [-0.4, -0.2) is 17.6 Å². The summed E-state index contributed by atoms with van der Waals surface area (Å²) in [4.78, 5) is 26.0. The van der Waals surface area contributed by atoms with E-state index in [0.29, 0.717) is 16.8 Å². The van der Waals surface area contributed by atoms with Gasteiger partial charge in [0.1, 0.15) is 23.9 Å². The summed E-state index contributed by atoms with van der Waals surface area (Å²) in [6, 6.07) is 17.5. The molecule has 2 N–H and O–H groups in total. The van der Waals surface area contributed by atoms with E-state index in [1.807, 2.05) is 31.2 Å². The van der Waals surface area contributed by atoms with Gasteiger partial charge >= 0.3 is 0 Å². The highest BCUT2D eigenvalue weighted by molar-refractivity contribution is 5.92. The normalized spacial score (nSPS) is 10.8. The fraction of sp³-hybridized carbons (Fsp3) is 0.154. The van der Waals surface area contributed by atoms with Gasteiger partial charge in [-0.3, -0.25) is 14.2 Å². The second-order valence-corrected chi connectivity index (χ2v) is 7.88. The first-order valence-corrected chi connectivity index (χ1v) is 10.6. The molecule has 1 aromatic heterocycles. The molecular weight excluding hydrogens is 440 g/mol. The topological polar surface area (TPSA) is 72.4 Å². The van der Waals surface area contributed by atoms with Gasteiger partial charge in [0.15, 0.2) is 0 Å². The summed E-state index contributed by atoms with van der Waals surface area (Å²) in [6.45, 7) is 1.83. The lowest BCUT2D eigenvalue weighted by Gasteiger charge is -2.15. The number of hydrogen-bond donors (Lipinski definition) is 2. The lowest BCUT2D eigenvalue weighted by molar-refractivity contribution is -0.116. The molecule has 1 heterocycles. The molecule has 0 unspecified atom stereocenters. The van der Waals surface area contributed by atoms with Crippen LogP contribution in [0.5, 0.6) is 5.75 Å². The highest BCUT2D eigenvalue weighted by atomic mass is 19.1. The van der Waals surface area contributed by atoms with Crippen LogP contribution in [0.25, 0.3) is 10.9 Å². The van der Waals surface area contributed by atoms with E-state index in [4.69, 9.17) is 4.74 Å². The average molecular weight is 463 g/mol. The summed E-state index contributed by atoms with van der Waals surface area (Å²) in [5.74, 6) is -1.61. The molecule has 0 aliphatic rings. The minimum Gasteiger partial charge on any atom is -0.497 e. The summed E-state index contributed by atoms with van der Waals surface area (Å²) in [7, 11) is 1.50. The highest BCUT2D eigenvalue weighted by Gasteiger charge is 2.15. The van der Waals surface area contributed by atoms with E-state index in [9.17, 15) is 18.4 Å². The van der Waals surface area contributed by atoms with Crippen LogP contribution >= 0.6 is 0 Å². The van der Waals surface area contributed by atoms with Crippen LogP contribution in [-0.2, 0) is 17.9 Å². The third kappa shape index (κ3) is 5.06. The van der Waals surface area contributed by atoms with Crippen LogP contribution in [0.4, 0.5) is 20.2 Å². The Morgan fingerprint density at radius 3 is 2.50 bits per heavy atom. The Morgan fingerprint density at radius 2 is 1.76 bits per heavy atom. The number of halogens is 2. The predicted molar refractivity (Wildman–Crippen MR) is 128 cm³/mol. The molecule has 0 saturated carbocycles. The molecule has 0 aliphatic carbocycles. The zero-order valence-electron chi connectivity index (χ0n) is 18.7. The summed E-state index contributed by atoms with van der Waals surface area (Å²) >= 11 is 0. The number of hydrogen-bond acceptors (Lipinski definition) is 4. The minimum absolute atomic E-state index is 0.240. The zero-order chi connectivity index (χ0) is 24.2. The lowest BCUT2D eigenvalue weighted by Crippen LogP contribution is -2.31. The fourth-order valence-corrected chi connectivity index (χ4v) is 3.62. The molecule has 1 amide bonds. The number of nitrogens with one attached hydrogen (secondary N) is 2. The van der Waals surface area contributed by atoms with Crippen LogP contribution < -0.4 is 20.9 Å². The number of fused-ring (bicyclic) bond motifs is 1. The van der Waals surface area contributed by atoms with Crippen LogP contribution in [0, 0.1) is 18.6 Å². The Hall–Kier alpha value is -4.20. The largest absolute Gasteiger partial charge is 0.497 e. The monoisotopic (exact) mass is 463 g/mol. The molecule has 4 aromatic rings. The van der Waals surface area contributed by atoms with Gasteiger partial charge in [-0.25, -0.2) is 8.78 Å². The average Bonchev–Trinajstić information content (AvgIpc) is 2.83. The van der Waals surface area contributed by atoms with Crippen molar-refractivity contribution in [3.8, 4) is 5.75 Å². The van der Waals surface area contributed by atoms with Gasteiger partial charge in [0.25, 0.3) is 5.56 Å². The molecule has 8 heteroatoms. The number of amides is 1. The molecule has 0 aliphatic heterocycles. The van der Waals surface area contributed by atoms with Crippen LogP contribution in [0.3, 0.4) is 0 Å². The number of rotatable bonds is 7. The lowest BCUT2D eigenvalue weighted by atomic mass is 10.1. The third-order valence-electron chi connectivity index (χ3n) is 5.42. The maximum Gasteiger partial charge on any atom is 0.256 e. The van der Waals surface area contributed by atoms with Crippen molar-refractivity contribution in [3.63, 3.8) is 0 Å². The maximum atomic E-state index is 14.0. The van der Waals surface area contributed by atoms with Crippen molar-refractivity contribution >= 4 is 28.2 Å². The first-order chi connectivity index (χ1) is 16.3. The predicted octanol–water partition coefficient (Wildman–Crippen LogP) is 4.85. The minimum atomic E-state index is -0.773. The van der Waals surface area contributed by atoms with E-state index < -0.39 is 24.1 Å². The summed E-state index contributed by atoms with van der Waals surface area (Å²) in [5, 5.41) is 6.29. The molecule has 0 spiro atoms. The number of carbonyl (C=O) groups excluding carboxylic acids is 1. The second kappa shape index (κ2) is 9.74. The highest BCUT2D eigenvalue weighted by Crippen LogP contribution is 2.22. The van der Waals surface area contributed by atoms with Crippen molar-refractivity contribution in [1.29, 1.82) is 0 Å². The van der Waals surface area contributed by atoms with Gasteiger partial charge in [0.05, 0.1) is 18.3 Å². The summed E-state index contributed by atoms with van der Waals surface area (Å²) in [5.41, 5.74) is 2.23. The van der Waals surface area contributed by atoms with Crippen LogP contribution in [0.1, 0.15) is 11.1 Å². The summed E-state index contributed by atoms with van der Waals surface area (Å²) < 4.78 is 34.0. The first kappa shape index (κ1) is 23.0. The molecule has 0 fully saturated rings. The zero-order valence-corrected chi connectivity index (χ0v) is 18.7. The fourth-order valence-electron chi connectivity index (χ4n) is 3.62. The number of ether oxygens (including phenoxy) is 1. The Bertz CT molecular complexity index is 1420. The standard InChI is InChI=1S/C26H23F2N3O3/c1-16-3-7-20(8-4-16)29-14-18-11-17-5-9-21(34-2)13-24(17)31(26(18)33)15-25(32)30-23-12-19(27)6-10-22(23)28/h3-13,29H,14-15H2,1-2H3,(H,30,32). The number of methoxy groups -OCH3 is 1. The quantitative estimate of drug-likeness (QED) is 0.411. The Balaban J connectivity index is 1.68.